The van der Waals surface area contributed by atoms with Crippen molar-refractivity contribution in [2.24, 2.45) is 4.99 Å². The fourth-order valence-corrected chi connectivity index (χ4v) is 3.48. The van der Waals surface area contributed by atoms with Crippen LogP contribution in [-0.2, 0) is 17.8 Å². The quantitative estimate of drug-likeness (QED) is 0.410. The van der Waals surface area contributed by atoms with Crippen molar-refractivity contribution in [1.29, 1.82) is 0 Å². The van der Waals surface area contributed by atoms with Gasteiger partial charge < -0.3 is 20.7 Å². The first kappa shape index (κ1) is 21.1. The predicted octanol–water partition coefficient (Wildman–Crippen LogP) is 2.41. The number of amides is 1. The van der Waals surface area contributed by atoms with Crippen molar-refractivity contribution in [3.8, 4) is 5.75 Å². The molecular weight excluding hydrogens is 386 g/mol. The molecule has 0 spiro atoms. The smallest absolute Gasteiger partial charge is 0.258 e. The zero-order valence-electron chi connectivity index (χ0n) is 17.0. The molecule has 2 aromatic rings. The van der Waals surface area contributed by atoms with E-state index in [2.05, 4.69) is 32.9 Å². The molecule has 1 heterocycles. The Morgan fingerprint density at radius 1 is 1.34 bits per heavy atom. The number of ether oxygens (including phenoxy) is 1. The molecule has 1 saturated carbocycles. The number of aromatic nitrogens is 1. The fourth-order valence-electron chi connectivity index (χ4n) is 2.70. The Labute approximate surface area is 176 Å². The second kappa shape index (κ2) is 10.8. The third kappa shape index (κ3) is 7.73. The second-order valence-corrected chi connectivity index (χ2v) is 8.33. The van der Waals surface area contributed by atoms with Crippen LogP contribution in [0.25, 0.3) is 0 Å². The van der Waals surface area contributed by atoms with Crippen molar-refractivity contribution < 1.29 is 9.53 Å². The lowest BCUT2D eigenvalue weighted by atomic mass is 10.2. The zero-order chi connectivity index (χ0) is 20.5. The molecule has 1 fully saturated rings. The standard InChI is InChI=1S/C21H29N5O2S/c1-3-22-21(23-10-9-20-24-12-15(2)29-20)25-13-16-5-4-6-18(11-16)28-14-19(27)26-17-7-8-17/h4-6,11-12,17H,3,7-10,13-14H2,1-2H3,(H,26,27)(H2,22,23,25). The molecule has 1 amide bonds. The first-order valence-corrected chi connectivity index (χ1v) is 10.9. The third-order valence-electron chi connectivity index (χ3n) is 4.28. The minimum atomic E-state index is -0.0648. The molecule has 29 heavy (non-hydrogen) atoms. The van der Waals surface area contributed by atoms with Crippen LogP contribution in [0, 0.1) is 6.92 Å². The van der Waals surface area contributed by atoms with E-state index in [1.807, 2.05) is 37.4 Å². The van der Waals surface area contributed by atoms with E-state index >= 15 is 0 Å². The largest absolute Gasteiger partial charge is 0.484 e. The second-order valence-electron chi connectivity index (χ2n) is 7.01. The number of carbonyl (C=O) groups excluding carboxylic acids is 1. The molecule has 8 heteroatoms. The summed E-state index contributed by atoms with van der Waals surface area (Å²) in [5.74, 6) is 1.39. The van der Waals surface area contributed by atoms with E-state index in [9.17, 15) is 4.79 Å². The summed E-state index contributed by atoms with van der Waals surface area (Å²) in [6, 6.07) is 8.06. The Morgan fingerprint density at radius 2 is 2.21 bits per heavy atom. The summed E-state index contributed by atoms with van der Waals surface area (Å²) in [5, 5.41) is 10.7. The van der Waals surface area contributed by atoms with Crippen molar-refractivity contribution in [2.45, 2.75) is 45.7 Å². The molecule has 156 valence electrons. The van der Waals surface area contributed by atoms with Gasteiger partial charge in [0.25, 0.3) is 5.91 Å². The zero-order valence-corrected chi connectivity index (χ0v) is 17.8. The topological polar surface area (TPSA) is 87.6 Å². The van der Waals surface area contributed by atoms with Gasteiger partial charge in [-0.1, -0.05) is 12.1 Å². The lowest BCUT2D eigenvalue weighted by Crippen LogP contribution is -2.38. The van der Waals surface area contributed by atoms with Gasteiger partial charge in [-0.15, -0.1) is 11.3 Å². The van der Waals surface area contributed by atoms with Crippen molar-refractivity contribution in [3.05, 3.63) is 45.9 Å². The van der Waals surface area contributed by atoms with E-state index in [1.54, 1.807) is 11.3 Å². The summed E-state index contributed by atoms with van der Waals surface area (Å²) in [6.07, 6.45) is 4.93. The number of carbonyl (C=O) groups is 1. The molecule has 1 aromatic carbocycles. The molecule has 0 saturated heterocycles. The van der Waals surface area contributed by atoms with E-state index in [0.29, 0.717) is 18.3 Å². The Hall–Kier alpha value is -2.61. The summed E-state index contributed by atoms with van der Waals surface area (Å²) in [7, 11) is 0. The number of nitrogens with one attached hydrogen (secondary N) is 3. The molecular formula is C21H29N5O2S. The van der Waals surface area contributed by atoms with Crippen molar-refractivity contribution >= 4 is 23.2 Å². The maximum Gasteiger partial charge on any atom is 0.258 e. The molecule has 3 rings (SSSR count). The number of hydrogen-bond acceptors (Lipinski definition) is 5. The minimum absolute atomic E-state index is 0.0453. The molecule has 0 atom stereocenters. The molecule has 3 N–H and O–H groups in total. The average molecular weight is 416 g/mol. The molecule has 1 aliphatic rings. The SMILES string of the molecule is CCNC(=NCc1cccc(OCC(=O)NC2CC2)c1)NCCc1ncc(C)s1. The highest BCUT2D eigenvalue weighted by Crippen LogP contribution is 2.18. The third-order valence-corrected chi connectivity index (χ3v) is 5.25. The van der Waals surface area contributed by atoms with Crippen LogP contribution in [0.2, 0.25) is 0 Å². The van der Waals surface area contributed by atoms with Gasteiger partial charge in [0.2, 0.25) is 0 Å². The monoisotopic (exact) mass is 415 g/mol. The van der Waals surface area contributed by atoms with Crippen molar-refractivity contribution in [2.75, 3.05) is 19.7 Å². The molecule has 0 aliphatic heterocycles. The van der Waals surface area contributed by atoms with Gasteiger partial charge in [-0.2, -0.15) is 0 Å². The number of hydrogen-bond donors (Lipinski definition) is 3. The lowest BCUT2D eigenvalue weighted by Gasteiger charge is -2.11. The first-order valence-electron chi connectivity index (χ1n) is 10.1. The van der Waals surface area contributed by atoms with E-state index in [0.717, 1.165) is 48.9 Å². The Balaban J connectivity index is 1.47. The van der Waals surface area contributed by atoms with Gasteiger partial charge >= 0.3 is 0 Å². The van der Waals surface area contributed by atoms with E-state index in [1.165, 1.54) is 4.88 Å². The number of aliphatic imine (C=N–C) groups is 1. The number of nitrogens with zero attached hydrogens (tertiary/aromatic N) is 2. The average Bonchev–Trinajstić information content (AvgIpc) is 3.43. The van der Waals surface area contributed by atoms with Crippen molar-refractivity contribution in [1.82, 2.24) is 20.9 Å². The van der Waals surface area contributed by atoms with Crippen LogP contribution in [0.4, 0.5) is 0 Å². The lowest BCUT2D eigenvalue weighted by molar-refractivity contribution is -0.123. The molecule has 0 unspecified atom stereocenters. The molecule has 1 aliphatic carbocycles. The summed E-state index contributed by atoms with van der Waals surface area (Å²) in [6.45, 7) is 6.25. The van der Waals surface area contributed by atoms with E-state index in [4.69, 9.17) is 4.74 Å². The summed E-state index contributed by atoms with van der Waals surface area (Å²) in [5.41, 5.74) is 1.03. The molecule has 1 aromatic heterocycles. The maximum absolute atomic E-state index is 11.8. The van der Waals surface area contributed by atoms with Crippen LogP contribution in [0.1, 0.15) is 35.2 Å². The highest BCUT2D eigenvalue weighted by atomic mass is 32.1. The Kier molecular flexibility index (Phi) is 7.86. The number of rotatable bonds is 10. The van der Waals surface area contributed by atoms with Crippen LogP contribution >= 0.6 is 11.3 Å². The summed E-state index contributed by atoms with van der Waals surface area (Å²) in [4.78, 5) is 22.0. The van der Waals surface area contributed by atoms with Gasteiger partial charge in [0.05, 0.1) is 11.6 Å². The van der Waals surface area contributed by atoms with E-state index < -0.39 is 0 Å². The molecule has 0 radical (unpaired) electrons. The van der Waals surface area contributed by atoms with E-state index in [-0.39, 0.29) is 12.5 Å². The van der Waals surface area contributed by atoms with Crippen LogP contribution in [0.5, 0.6) is 5.75 Å². The van der Waals surface area contributed by atoms with Gasteiger partial charge in [-0.3, -0.25) is 4.79 Å². The molecule has 0 bridgehead atoms. The number of thiazole rings is 1. The maximum atomic E-state index is 11.8. The Morgan fingerprint density at radius 3 is 2.93 bits per heavy atom. The normalized spacial score (nSPS) is 13.8. The predicted molar refractivity (Wildman–Crippen MR) is 116 cm³/mol. The first-order chi connectivity index (χ1) is 14.1. The fraction of sp³-hybridized carbons (Fsp3) is 0.476. The van der Waals surface area contributed by atoms with Gasteiger partial charge in [0, 0.05) is 36.6 Å². The van der Waals surface area contributed by atoms with Crippen LogP contribution in [-0.4, -0.2) is 42.6 Å². The van der Waals surface area contributed by atoms with Gasteiger partial charge in [0.15, 0.2) is 12.6 Å². The van der Waals surface area contributed by atoms with Crippen LogP contribution in [0.3, 0.4) is 0 Å². The highest BCUT2D eigenvalue weighted by molar-refractivity contribution is 7.11. The number of guanidine groups is 1. The highest BCUT2D eigenvalue weighted by Gasteiger charge is 2.23. The van der Waals surface area contributed by atoms with Gasteiger partial charge in [0.1, 0.15) is 5.75 Å². The summed E-state index contributed by atoms with van der Waals surface area (Å²) < 4.78 is 5.61. The molecule has 7 nitrogen and oxygen atoms in total. The number of benzene rings is 1. The van der Waals surface area contributed by atoms with Crippen molar-refractivity contribution in [3.63, 3.8) is 0 Å². The minimum Gasteiger partial charge on any atom is -0.484 e. The number of aryl methyl sites for hydroxylation is 1. The van der Waals surface area contributed by atoms with Gasteiger partial charge in [-0.05, 0) is 44.4 Å². The van der Waals surface area contributed by atoms with Gasteiger partial charge in [-0.25, -0.2) is 9.98 Å². The van der Waals surface area contributed by atoms with Crippen LogP contribution < -0.4 is 20.7 Å². The Bertz CT molecular complexity index is 832. The van der Waals surface area contributed by atoms with Crippen LogP contribution in [0.15, 0.2) is 35.5 Å². The summed E-state index contributed by atoms with van der Waals surface area (Å²) >= 11 is 1.72.